The number of rotatable bonds is 5. The van der Waals surface area contributed by atoms with E-state index in [0.717, 1.165) is 5.56 Å². The summed E-state index contributed by atoms with van der Waals surface area (Å²) >= 11 is 0. The molecule has 0 heterocycles. The van der Waals surface area contributed by atoms with Crippen LogP contribution >= 0.6 is 0 Å². The number of ketones is 1. The molecule has 0 aromatic heterocycles. The number of phenols is 1. The molecule has 0 aliphatic carbocycles. The highest BCUT2D eigenvalue weighted by Crippen LogP contribution is 2.22. The van der Waals surface area contributed by atoms with Crippen molar-refractivity contribution in [1.82, 2.24) is 0 Å². The van der Waals surface area contributed by atoms with E-state index in [0.29, 0.717) is 0 Å². The molecule has 0 spiro atoms. The number of benzene rings is 2. The molecule has 0 radical (unpaired) electrons. The van der Waals surface area contributed by atoms with Crippen LogP contribution in [0.2, 0.25) is 0 Å². The van der Waals surface area contributed by atoms with Crippen molar-refractivity contribution in [2.24, 2.45) is 5.92 Å². The quantitative estimate of drug-likeness (QED) is 0.646. The number of hydrogen-bond donors (Lipinski definition) is 2. The number of aromatic hydroxyl groups is 1. The molecule has 0 saturated carbocycles. The molecular weight excluding hydrogens is 256 g/mol. The van der Waals surface area contributed by atoms with E-state index < -0.39 is 17.7 Å². The van der Waals surface area contributed by atoms with Gasteiger partial charge in [0.1, 0.15) is 11.7 Å². The van der Waals surface area contributed by atoms with E-state index in [4.69, 9.17) is 0 Å². The van der Waals surface area contributed by atoms with Gasteiger partial charge < -0.3 is 10.2 Å². The number of carboxylic acid groups (broad SMARTS) is 1. The molecule has 0 saturated heterocycles. The molecule has 4 nitrogen and oxygen atoms in total. The van der Waals surface area contributed by atoms with Gasteiger partial charge in [-0.1, -0.05) is 42.5 Å². The summed E-state index contributed by atoms with van der Waals surface area (Å²) in [5.41, 5.74) is 0.805. The van der Waals surface area contributed by atoms with E-state index in [9.17, 15) is 19.8 Å². The summed E-state index contributed by atoms with van der Waals surface area (Å²) in [5.74, 6) is -3.18. The Morgan fingerprint density at radius 1 is 0.950 bits per heavy atom. The first-order valence-corrected chi connectivity index (χ1v) is 6.18. The summed E-state index contributed by atoms with van der Waals surface area (Å²) in [4.78, 5) is 23.6. The minimum atomic E-state index is -1.20. The van der Waals surface area contributed by atoms with Gasteiger partial charge in [0.2, 0.25) is 0 Å². The van der Waals surface area contributed by atoms with Crippen molar-refractivity contribution in [3.05, 3.63) is 65.7 Å². The standard InChI is InChI=1S/C16H14O4/c17-14-9-5-4-8-12(14)15(18)13(16(19)20)10-11-6-2-1-3-7-11/h1-9,13,17H,10H2,(H,19,20). The van der Waals surface area contributed by atoms with Crippen molar-refractivity contribution in [2.75, 3.05) is 0 Å². The Labute approximate surface area is 116 Å². The molecule has 1 atom stereocenters. The maximum Gasteiger partial charge on any atom is 0.314 e. The normalized spacial score (nSPS) is 11.8. The zero-order chi connectivity index (χ0) is 14.5. The molecule has 0 bridgehead atoms. The predicted octanol–water partition coefficient (Wildman–Crippen LogP) is 2.52. The van der Waals surface area contributed by atoms with Crippen LogP contribution in [0, 0.1) is 5.92 Å². The van der Waals surface area contributed by atoms with Crippen LogP contribution in [0.1, 0.15) is 15.9 Å². The van der Waals surface area contributed by atoms with Gasteiger partial charge in [0.25, 0.3) is 0 Å². The minimum absolute atomic E-state index is 0.0378. The van der Waals surface area contributed by atoms with Gasteiger partial charge in [-0.05, 0) is 24.1 Å². The van der Waals surface area contributed by atoms with Crippen molar-refractivity contribution in [1.29, 1.82) is 0 Å². The molecule has 2 aromatic rings. The third kappa shape index (κ3) is 3.03. The van der Waals surface area contributed by atoms with Gasteiger partial charge >= 0.3 is 5.97 Å². The lowest BCUT2D eigenvalue weighted by Crippen LogP contribution is -2.26. The maximum atomic E-state index is 12.3. The molecule has 20 heavy (non-hydrogen) atoms. The number of aliphatic carboxylic acids is 1. The van der Waals surface area contributed by atoms with E-state index in [2.05, 4.69) is 0 Å². The van der Waals surface area contributed by atoms with E-state index in [1.807, 2.05) is 6.07 Å². The van der Waals surface area contributed by atoms with Crippen LogP contribution in [0.15, 0.2) is 54.6 Å². The highest BCUT2D eigenvalue weighted by molar-refractivity contribution is 6.09. The Morgan fingerprint density at radius 2 is 1.55 bits per heavy atom. The first-order chi connectivity index (χ1) is 9.59. The SMILES string of the molecule is O=C(O)C(Cc1ccccc1)C(=O)c1ccccc1O. The predicted molar refractivity (Wildman–Crippen MR) is 73.7 cm³/mol. The smallest absolute Gasteiger partial charge is 0.314 e. The summed E-state index contributed by atoms with van der Waals surface area (Å²) in [6, 6.07) is 14.9. The monoisotopic (exact) mass is 270 g/mol. The minimum Gasteiger partial charge on any atom is -0.507 e. The lowest BCUT2D eigenvalue weighted by Gasteiger charge is -2.12. The lowest BCUT2D eigenvalue weighted by molar-refractivity contribution is -0.139. The van der Waals surface area contributed by atoms with Gasteiger partial charge in [-0.2, -0.15) is 0 Å². The third-order valence-electron chi connectivity index (χ3n) is 3.07. The Bertz CT molecular complexity index is 619. The summed E-state index contributed by atoms with van der Waals surface area (Å²) in [6.45, 7) is 0. The van der Waals surface area contributed by atoms with Crippen LogP contribution in [0.4, 0.5) is 0 Å². The average Bonchev–Trinajstić information content (AvgIpc) is 2.45. The highest BCUT2D eigenvalue weighted by Gasteiger charge is 2.28. The topological polar surface area (TPSA) is 74.6 Å². The van der Waals surface area contributed by atoms with Crippen LogP contribution in [0.3, 0.4) is 0 Å². The number of Topliss-reactive ketones (excluding diaryl/α,β-unsaturated/α-hetero) is 1. The molecule has 1 unspecified atom stereocenters. The largest absolute Gasteiger partial charge is 0.507 e. The van der Waals surface area contributed by atoms with Crippen LogP contribution in [-0.4, -0.2) is 22.0 Å². The first-order valence-electron chi connectivity index (χ1n) is 6.18. The van der Waals surface area contributed by atoms with Crippen molar-refractivity contribution >= 4 is 11.8 Å². The molecular formula is C16H14O4. The second-order valence-electron chi connectivity index (χ2n) is 4.46. The molecule has 2 rings (SSSR count). The number of carbonyl (C=O) groups is 2. The molecule has 102 valence electrons. The van der Waals surface area contributed by atoms with Crippen molar-refractivity contribution in [3.63, 3.8) is 0 Å². The van der Waals surface area contributed by atoms with Gasteiger partial charge in [0, 0.05) is 0 Å². The Morgan fingerprint density at radius 3 is 2.15 bits per heavy atom. The number of phenolic OH excluding ortho intramolecular Hbond substituents is 1. The second kappa shape index (κ2) is 6.02. The summed E-state index contributed by atoms with van der Waals surface area (Å²) in [7, 11) is 0. The highest BCUT2D eigenvalue weighted by atomic mass is 16.4. The Hall–Kier alpha value is -2.62. The Kier molecular flexibility index (Phi) is 4.15. The lowest BCUT2D eigenvalue weighted by atomic mass is 9.91. The number of carbonyl (C=O) groups excluding carboxylic acids is 1. The average molecular weight is 270 g/mol. The second-order valence-corrected chi connectivity index (χ2v) is 4.46. The van der Waals surface area contributed by atoms with Gasteiger partial charge in [-0.15, -0.1) is 0 Å². The number of carboxylic acids is 1. The molecule has 0 aliphatic heterocycles. The zero-order valence-corrected chi connectivity index (χ0v) is 10.7. The fourth-order valence-electron chi connectivity index (χ4n) is 2.01. The first kappa shape index (κ1) is 13.8. The third-order valence-corrected chi connectivity index (χ3v) is 3.07. The molecule has 4 heteroatoms. The van der Waals surface area contributed by atoms with Crippen molar-refractivity contribution < 1.29 is 19.8 Å². The molecule has 2 N–H and O–H groups in total. The van der Waals surface area contributed by atoms with E-state index in [-0.39, 0.29) is 17.7 Å². The maximum absolute atomic E-state index is 12.3. The molecule has 0 fully saturated rings. The van der Waals surface area contributed by atoms with E-state index in [1.54, 1.807) is 36.4 Å². The van der Waals surface area contributed by atoms with Gasteiger partial charge in [0.15, 0.2) is 5.78 Å². The van der Waals surface area contributed by atoms with Crippen molar-refractivity contribution in [2.45, 2.75) is 6.42 Å². The molecule has 2 aromatic carbocycles. The number of hydrogen-bond acceptors (Lipinski definition) is 3. The van der Waals surface area contributed by atoms with Crippen LogP contribution in [-0.2, 0) is 11.2 Å². The summed E-state index contributed by atoms with van der Waals surface area (Å²) < 4.78 is 0. The summed E-state index contributed by atoms with van der Waals surface area (Å²) in [5, 5.41) is 18.9. The van der Waals surface area contributed by atoms with Crippen LogP contribution in [0.5, 0.6) is 5.75 Å². The van der Waals surface area contributed by atoms with E-state index >= 15 is 0 Å². The van der Waals surface area contributed by atoms with E-state index in [1.165, 1.54) is 12.1 Å². The van der Waals surface area contributed by atoms with Crippen molar-refractivity contribution in [3.8, 4) is 5.75 Å². The van der Waals surface area contributed by atoms with Gasteiger partial charge in [0.05, 0.1) is 5.56 Å². The Balaban J connectivity index is 2.28. The molecule has 0 amide bonds. The zero-order valence-electron chi connectivity index (χ0n) is 10.7. The number of para-hydroxylation sites is 1. The summed E-state index contributed by atoms with van der Waals surface area (Å²) in [6.07, 6.45) is 0.101. The van der Waals surface area contributed by atoms with Crippen LogP contribution < -0.4 is 0 Å². The molecule has 0 aliphatic rings. The van der Waals surface area contributed by atoms with Gasteiger partial charge in [-0.3, -0.25) is 9.59 Å². The van der Waals surface area contributed by atoms with Crippen LogP contribution in [0.25, 0.3) is 0 Å². The fourth-order valence-corrected chi connectivity index (χ4v) is 2.01. The fraction of sp³-hybridized carbons (Fsp3) is 0.125. The van der Waals surface area contributed by atoms with Gasteiger partial charge in [-0.25, -0.2) is 0 Å².